The summed E-state index contributed by atoms with van der Waals surface area (Å²) >= 11 is 4.63. The molecule has 4 nitrogen and oxygen atoms in total. The number of halogens is 3. The van der Waals surface area contributed by atoms with E-state index in [9.17, 15) is 13.6 Å². The van der Waals surface area contributed by atoms with Gasteiger partial charge in [0.1, 0.15) is 10.6 Å². The Morgan fingerprint density at radius 2 is 2.12 bits per heavy atom. The smallest absolute Gasteiger partial charge is 0.387 e. The average molecular weight is 419 g/mol. The van der Waals surface area contributed by atoms with Crippen LogP contribution in [0.2, 0.25) is 0 Å². The number of nitrogens with one attached hydrogen (secondary N) is 1. The molecule has 0 aliphatic rings. The molecule has 1 aromatic heterocycles. The van der Waals surface area contributed by atoms with Gasteiger partial charge in [-0.05, 0) is 25.1 Å². The Bertz CT molecular complexity index is 735. The second kappa shape index (κ2) is 8.02. The fourth-order valence-electron chi connectivity index (χ4n) is 2.03. The highest BCUT2D eigenvalue weighted by atomic mass is 79.9. The first-order valence-corrected chi connectivity index (χ1v) is 8.87. The van der Waals surface area contributed by atoms with Crippen LogP contribution in [-0.4, -0.2) is 17.5 Å². The monoisotopic (exact) mass is 418 g/mol. The lowest BCUT2D eigenvalue weighted by Crippen LogP contribution is -2.23. The molecule has 2 aromatic rings. The molecule has 0 aliphatic carbocycles. The van der Waals surface area contributed by atoms with Crippen LogP contribution in [0.1, 0.15) is 45.7 Å². The molecule has 0 atom stereocenters. The van der Waals surface area contributed by atoms with E-state index in [-0.39, 0.29) is 24.1 Å². The molecule has 0 fully saturated rings. The molecule has 0 aliphatic heterocycles. The number of nitrogens with zero attached hydrogens (tertiary/aromatic N) is 1. The van der Waals surface area contributed by atoms with Gasteiger partial charge in [0.25, 0.3) is 5.91 Å². The molecular weight excluding hydrogens is 402 g/mol. The fourth-order valence-corrected chi connectivity index (χ4v) is 3.42. The van der Waals surface area contributed by atoms with Gasteiger partial charge in [-0.25, -0.2) is 4.98 Å². The highest BCUT2D eigenvalue weighted by molar-refractivity contribution is 9.10. The maximum Gasteiger partial charge on any atom is 0.387 e. The van der Waals surface area contributed by atoms with Crippen molar-refractivity contribution in [1.82, 2.24) is 10.3 Å². The minimum Gasteiger partial charge on any atom is -0.434 e. The van der Waals surface area contributed by atoms with Gasteiger partial charge in [0.2, 0.25) is 0 Å². The Balaban J connectivity index is 2.13. The summed E-state index contributed by atoms with van der Waals surface area (Å²) in [6.07, 6.45) is 0. The molecule has 0 saturated heterocycles. The number of hydrogen-bond donors (Lipinski definition) is 1. The van der Waals surface area contributed by atoms with E-state index in [4.69, 9.17) is 0 Å². The average Bonchev–Trinajstić information content (AvgIpc) is 2.89. The van der Waals surface area contributed by atoms with Crippen molar-refractivity contribution in [1.29, 1.82) is 0 Å². The Hall–Kier alpha value is -1.54. The molecule has 2 rings (SSSR count). The first-order chi connectivity index (χ1) is 11.3. The molecule has 1 aromatic carbocycles. The van der Waals surface area contributed by atoms with Gasteiger partial charge in [-0.15, -0.1) is 11.3 Å². The number of carbonyl (C=O) groups is 1. The van der Waals surface area contributed by atoms with Crippen LogP contribution in [0.3, 0.4) is 0 Å². The number of ether oxygens (including phenoxy) is 1. The van der Waals surface area contributed by atoms with E-state index in [0.29, 0.717) is 20.6 Å². The van der Waals surface area contributed by atoms with Crippen LogP contribution in [-0.2, 0) is 6.54 Å². The van der Waals surface area contributed by atoms with Crippen LogP contribution in [0.5, 0.6) is 5.75 Å². The van der Waals surface area contributed by atoms with E-state index in [1.165, 1.54) is 17.4 Å². The third-order valence-electron chi connectivity index (χ3n) is 3.19. The van der Waals surface area contributed by atoms with Gasteiger partial charge in [0.05, 0.1) is 10.7 Å². The van der Waals surface area contributed by atoms with E-state index in [1.54, 1.807) is 19.1 Å². The van der Waals surface area contributed by atoms with Crippen molar-refractivity contribution in [3.8, 4) is 5.75 Å². The molecule has 130 valence electrons. The standard InChI is InChI=1S/C16H17BrF2N2O2S/c1-8(2)15-21-9(3)13(24-15)14(22)20-7-10-6-11(17)4-5-12(10)23-16(18)19/h4-6,8,16H,7H2,1-3H3,(H,20,22). The largest absolute Gasteiger partial charge is 0.434 e. The Morgan fingerprint density at radius 1 is 1.42 bits per heavy atom. The molecule has 0 bridgehead atoms. The summed E-state index contributed by atoms with van der Waals surface area (Å²) in [5.41, 5.74) is 1.13. The lowest BCUT2D eigenvalue weighted by molar-refractivity contribution is -0.0504. The third-order valence-corrected chi connectivity index (χ3v) is 5.14. The van der Waals surface area contributed by atoms with Gasteiger partial charge in [0, 0.05) is 22.5 Å². The number of carbonyl (C=O) groups excluding carboxylic acids is 1. The number of alkyl halides is 2. The summed E-state index contributed by atoms with van der Waals surface area (Å²) in [7, 11) is 0. The Labute approximate surface area is 151 Å². The molecule has 8 heteroatoms. The molecule has 1 heterocycles. The first-order valence-electron chi connectivity index (χ1n) is 7.26. The summed E-state index contributed by atoms with van der Waals surface area (Å²) < 4.78 is 30.1. The summed E-state index contributed by atoms with van der Waals surface area (Å²) in [6, 6.07) is 4.68. The van der Waals surface area contributed by atoms with E-state index >= 15 is 0 Å². The molecule has 24 heavy (non-hydrogen) atoms. The van der Waals surface area contributed by atoms with E-state index in [0.717, 1.165) is 5.01 Å². The second-order valence-electron chi connectivity index (χ2n) is 5.43. The summed E-state index contributed by atoms with van der Waals surface area (Å²) in [5, 5.41) is 3.63. The minimum atomic E-state index is -2.92. The normalized spacial score (nSPS) is 11.2. The third kappa shape index (κ3) is 4.73. The molecule has 1 N–H and O–H groups in total. The van der Waals surface area contributed by atoms with Crippen molar-refractivity contribution in [3.05, 3.63) is 43.8 Å². The molecule has 0 saturated carbocycles. The van der Waals surface area contributed by atoms with Crippen molar-refractivity contribution in [2.24, 2.45) is 0 Å². The zero-order valence-electron chi connectivity index (χ0n) is 13.4. The second-order valence-corrected chi connectivity index (χ2v) is 7.38. The fraction of sp³-hybridized carbons (Fsp3) is 0.375. The summed E-state index contributed by atoms with van der Waals surface area (Å²) in [4.78, 5) is 17.3. The van der Waals surface area contributed by atoms with Crippen LogP contribution < -0.4 is 10.1 Å². The zero-order chi connectivity index (χ0) is 17.9. The van der Waals surface area contributed by atoms with Crippen LogP contribution in [0.15, 0.2) is 22.7 Å². The molecular formula is C16H17BrF2N2O2S. The number of hydrogen-bond acceptors (Lipinski definition) is 4. The van der Waals surface area contributed by atoms with Crippen molar-refractivity contribution >= 4 is 33.2 Å². The van der Waals surface area contributed by atoms with Crippen LogP contribution in [0.4, 0.5) is 8.78 Å². The SMILES string of the molecule is Cc1nc(C(C)C)sc1C(=O)NCc1cc(Br)ccc1OC(F)F. The lowest BCUT2D eigenvalue weighted by atomic mass is 10.2. The Kier molecular flexibility index (Phi) is 6.28. The predicted octanol–water partition coefficient (Wildman–Crippen LogP) is 4.87. The van der Waals surface area contributed by atoms with Gasteiger partial charge >= 0.3 is 6.61 Å². The summed E-state index contributed by atoms with van der Waals surface area (Å²) in [5.74, 6) is 0.00337. The first kappa shape index (κ1) is 18.8. The van der Waals surface area contributed by atoms with Crippen LogP contribution in [0.25, 0.3) is 0 Å². The van der Waals surface area contributed by atoms with Gasteiger partial charge in [-0.1, -0.05) is 29.8 Å². The molecule has 0 unspecified atom stereocenters. The molecule has 0 spiro atoms. The highest BCUT2D eigenvalue weighted by Gasteiger charge is 2.17. The zero-order valence-corrected chi connectivity index (χ0v) is 15.8. The lowest BCUT2D eigenvalue weighted by Gasteiger charge is -2.12. The maximum atomic E-state index is 12.5. The van der Waals surface area contributed by atoms with Gasteiger partial charge in [-0.2, -0.15) is 8.78 Å². The predicted molar refractivity (Wildman–Crippen MR) is 92.9 cm³/mol. The van der Waals surface area contributed by atoms with Crippen LogP contribution >= 0.6 is 27.3 Å². The van der Waals surface area contributed by atoms with Gasteiger partial charge in [-0.3, -0.25) is 4.79 Å². The number of aryl methyl sites for hydroxylation is 1. The number of amides is 1. The van der Waals surface area contributed by atoms with Crippen molar-refractivity contribution in [3.63, 3.8) is 0 Å². The van der Waals surface area contributed by atoms with E-state index < -0.39 is 6.61 Å². The Morgan fingerprint density at radius 3 is 2.71 bits per heavy atom. The summed E-state index contributed by atoms with van der Waals surface area (Å²) in [6.45, 7) is 2.96. The minimum absolute atomic E-state index is 0.0393. The topological polar surface area (TPSA) is 51.2 Å². The van der Waals surface area contributed by atoms with Crippen molar-refractivity contribution in [2.75, 3.05) is 0 Å². The van der Waals surface area contributed by atoms with Crippen LogP contribution in [0, 0.1) is 6.92 Å². The number of aromatic nitrogens is 1. The van der Waals surface area contributed by atoms with E-state index in [2.05, 4.69) is 31.0 Å². The quantitative estimate of drug-likeness (QED) is 0.727. The van der Waals surface area contributed by atoms with E-state index in [1.807, 2.05) is 13.8 Å². The molecule has 1 amide bonds. The maximum absolute atomic E-state index is 12.5. The number of rotatable bonds is 6. The van der Waals surface area contributed by atoms with Gasteiger partial charge in [0.15, 0.2) is 0 Å². The molecule has 0 radical (unpaired) electrons. The highest BCUT2D eigenvalue weighted by Crippen LogP contribution is 2.26. The number of thiazole rings is 1. The van der Waals surface area contributed by atoms with Crippen molar-refractivity contribution < 1.29 is 18.3 Å². The number of benzene rings is 1. The van der Waals surface area contributed by atoms with Gasteiger partial charge < -0.3 is 10.1 Å². The van der Waals surface area contributed by atoms with Crippen molar-refractivity contribution in [2.45, 2.75) is 39.8 Å².